The molecule has 0 saturated carbocycles. The number of phenolic OH excluding ortho intramolecular Hbond substituents is 1. The number of hydrogen-bond donors (Lipinski definition) is 2. The van der Waals surface area contributed by atoms with Crippen molar-refractivity contribution in [2.75, 3.05) is 11.5 Å². The van der Waals surface area contributed by atoms with Crippen molar-refractivity contribution in [1.29, 1.82) is 0 Å². The molecule has 1 saturated heterocycles. The first-order valence-electron chi connectivity index (χ1n) is 10.6. The van der Waals surface area contributed by atoms with Gasteiger partial charge in [0.25, 0.3) is 0 Å². The summed E-state index contributed by atoms with van der Waals surface area (Å²) in [6.45, 7) is 21.3. The number of phenols is 1. The number of nitrogens with one attached hydrogen (secondary N) is 1. The number of aromatic hydroxyl groups is 1. The van der Waals surface area contributed by atoms with Gasteiger partial charge in [0.05, 0.1) is 29.1 Å². The molecular formula is C24H38N2O4. The first-order valence-corrected chi connectivity index (χ1v) is 10.6. The van der Waals surface area contributed by atoms with Crippen LogP contribution in [0.1, 0.15) is 97.6 Å². The highest BCUT2D eigenvalue weighted by Crippen LogP contribution is 2.49. The highest BCUT2D eigenvalue weighted by Gasteiger charge is 2.52. The van der Waals surface area contributed by atoms with Crippen molar-refractivity contribution in [3.05, 3.63) is 22.8 Å². The number of carbonyl (C=O) groups excluding carboxylic acids is 2. The zero-order valence-electron chi connectivity index (χ0n) is 20.4. The van der Waals surface area contributed by atoms with E-state index in [9.17, 15) is 14.7 Å². The summed E-state index contributed by atoms with van der Waals surface area (Å²) in [6, 6.07) is 1.69. The van der Waals surface area contributed by atoms with E-state index in [2.05, 4.69) is 5.32 Å². The van der Waals surface area contributed by atoms with Crippen molar-refractivity contribution >= 4 is 17.6 Å². The van der Waals surface area contributed by atoms with Gasteiger partial charge in [-0.05, 0) is 51.5 Å². The Balaban J connectivity index is 3.05. The molecule has 0 aliphatic carbocycles. The number of rotatable bonds is 3. The summed E-state index contributed by atoms with van der Waals surface area (Å²) in [5.41, 5.74) is -0.600. The van der Waals surface area contributed by atoms with Crippen LogP contribution >= 0.6 is 0 Å². The summed E-state index contributed by atoms with van der Waals surface area (Å²) in [5.74, 6) is -0.547. The SMILES string of the molecule is CCOC(=O)c1cc(C(C)(C)C)c(O)c(C(C)(C)C)c1N1C(=O)C(C)(C)NC1(C)C. The Morgan fingerprint density at radius 1 is 1.10 bits per heavy atom. The van der Waals surface area contributed by atoms with Crippen LogP contribution < -0.4 is 10.2 Å². The van der Waals surface area contributed by atoms with Gasteiger partial charge in [0.1, 0.15) is 5.75 Å². The number of nitrogens with zero attached hydrogens (tertiary/aromatic N) is 1. The smallest absolute Gasteiger partial charge is 0.340 e. The van der Waals surface area contributed by atoms with Gasteiger partial charge in [-0.15, -0.1) is 0 Å². The molecule has 6 nitrogen and oxygen atoms in total. The molecule has 1 aliphatic heterocycles. The summed E-state index contributed by atoms with van der Waals surface area (Å²) in [6.07, 6.45) is 0. The predicted molar refractivity (Wildman–Crippen MR) is 120 cm³/mol. The molecule has 0 unspecified atom stereocenters. The number of hydrogen-bond acceptors (Lipinski definition) is 5. The first kappa shape index (κ1) is 24.2. The van der Waals surface area contributed by atoms with Crippen molar-refractivity contribution in [3.63, 3.8) is 0 Å². The Morgan fingerprint density at radius 2 is 1.63 bits per heavy atom. The molecule has 1 aromatic carbocycles. The second-order valence-corrected chi connectivity index (χ2v) is 11.2. The topological polar surface area (TPSA) is 78.9 Å². The molecule has 2 N–H and O–H groups in total. The van der Waals surface area contributed by atoms with Gasteiger partial charge in [-0.25, -0.2) is 4.79 Å². The molecule has 1 fully saturated rings. The van der Waals surface area contributed by atoms with Gasteiger partial charge < -0.3 is 9.84 Å². The number of esters is 1. The van der Waals surface area contributed by atoms with E-state index >= 15 is 0 Å². The maximum atomic E-state index is 13.5. The Bertz CT molecular complexity index is 871. The molecule has 1 heterocycles. The monoisotopic (exact) mass is 418 g/mol. The second kappa shape index (κ2) is 7.26. The summed E-state index contributed by atoms with van der Waals surface area (Å²) in [4.78, 5) is 28.2. The maximum absolute atomic E-state index is 13.5. The molecular weight excluding hydrogens is 380 g/mol. The van der Waals surface area contributed by atoms with Crippen LogP contribution in [-0.4, -0.2) is 34.8 Å². The summed E-state index contributed by atoms with van der Waals surface area (Å²) in [5, 5.41) is 14.8. The fourth-order valence-electron chi connectivity index (χ4n) is 4.33. The lowest BCUT2D eigenvalue weighted by molar-refractivity contribution is -0.121. The standard InChI is InChI=1S/C24H38N2O4/c1-12-30-19(28)14-13-15(21(2,3)4)18(27)16(22(5,6)7)17(14)26-20(29)23(8,9)25-24(26,10)11/h13,25,27H,12H2,1-11H3. The first-order chi connectivity index (χ1) is 13.4. The van der Waals surface area contributed by atoms with E-state index in [1.807, 2.05) is 69.2 Å². The molecule has 1 aliphatic rings. The van der Waals surface area contributed by atoms with Gasteiger partial charge >= 0.3 is 5.97 Å². The molecule has 1 aromatic rings. The van der Waals surface area contributed by atoms with Gasteiger partial charge in [-0.2, -0.15) is 0 Å². The number of benzene rings is 1. The molecule has 0 bridgehead atoms. The predicted octanol–water partition coefficient (Wildman–Crippen LogP) is 4.61. The minimum absolute atomic E-state index is 0.117. The fourth-order valence-corrected chi connectivity index (χ4v) is 4.33. The molecule has 30 heavy (non-hydrogen) atoms. The summed E-state index contributed by atoms with van der Waals surface area (Å²) < 4.78 is 5.38. The van der Waals surface area contributed by atoms with Crippen molar-refractivity contribution in [2.24, 2.45) is 0 Å². The van der Waals surface area contributed by atoms with Crippen LogP contribution in [0.25, 0.3) is 0 Å². The van der Waals surface area contributed by atoms with Gasteiger partial charge in [-0.3, -0.25) is 15.0 Å². The van der Waals surface area contributed by atoms with E-state index in [0.29, 0.717) is 22.4 Å². The fraction of sp³-hybridized carbons (Fsp3) is 0.667. The van der Waals surface area contributed by atoms with Crippen LogP contribution in [0.15, 0.2) is 6.07 Å². The second-order valence-electron chi connectivity index (χ2n) is 11.2. The Labute approximate surface area is 181 Å². The zero-order chi connectivity index (χ0) is 23.4. The van der Waals surface area contributed by atoms with Crippen LogP contribution in [0.2, 0.25) is 0 Å². The third kappa shape index (κ3) is 4.07. The molecule has 168 valence electrons. The lowest BCUT2D eigenvalue weighted by Gasteiger charge is -2.38. The average molecular weight is 419 g/mol. The highest BCUT2D eigenvalue weighted by molar-refractivity contribution is 6.09. The quantitative estimate of drug-likeness (QED) is 0.701. The summed E-state index contributed by atoms with van der Waals surface area (Å²) in [7, 11) is 0. The Hall–Kier alpha value is -2.08. The van der Waals surface area contributed by atoms with Crippen LogP contribution in [-0.2, 0) is 20.4 Å². The van der Waals surface area contributed by atoms with Crippen molar-refractivity contribution < 1.29 is 19.4 Å². The largest absolute Gasteiger partial charge is 0.507 e. The zero-order valence-corrected chi connectivity index (χ0v) is 20.4. The van der Waals surface area contributed by atoms with E-state index in [-0.39, 0.29) is 18.3 Å². The minimum Gasteiger partial charge on any atom is -0.507 e. The third-order valence-electron chi connectivity index (χ3n) is 5.46. The minimum atomic E-state index is -0.817. The van der Waals surface area contributed by atoms with Crippen molar-refractivity contribution in [2.45, 2.75) is 98.2 Å². The van der Waals surface area contributed by atoms with E-state index < -0.39 is 28.0 Å². The number of carbonyl (C=O) groups is 2. The lowest BCUT2D eigenvalue weighted by atomic mass is 9.76. The van der Waals surface area contributed by atoms with Gasteiger partial charge in [-0.1, -0.05) is 41.5 Å². The Morgan fingerprint density at radius 3 is 2.00 bits per heavy atom. The molecule has 2 rings (SSSR count). The van der Waals surface area contributed by atoms with Crippen molar-refractivity contribution in [1.82, 2.24) is 5.32 Å². The van der Waals surface area contributed by atoms with Gasteiger partial charge in [0, 0.05) is 11.1 Å². The molecule has 0 atom stereocenters. The summed E-state index contributed by atoms with van der Waals surface area (Å²) >= 11 is 0. The Kier molecular flexibility index (Phi) is 5.85. The number of ether oxygens (including phenoxy) is 1. The van der Waals surface area contributed by atoms with Crippen LogP contribution in [0, 0.1) is 0 Å². The van der Waals surface area contributed by atoms with E-state index in [1.165, 1.54) is 0 Å². The highest BCUT2D eigenvalue weighted by atomic mass is 16.5. The van der Waals surface area contributed by atoms with Gasteiger partial charge in [0.2, 0.25) is 5.91 Å². The van der Waals surface area contributed by atoms with E-state index in [0.717, 1.165) is 0 Å². The van der Waals surface area contributed by atoms with Gasteiger partial charge in [0.15, 0.2) is 0 Å². The third-order valence-corrected chi connectivity index (χ3v) is 5.46. The van der Waals surface area contributed by atoms with E-state index in [1.54, 1.807) is 17.9 Å². The van der Waals surface area contributed by atoms with Crippen LogP contribution in [0.5, 0.6) is 5.75 Å². The maximum Gasteiger partial charge on any atom is 0.340 e. The molecule has 0 radical (unpaired) electrons. The number of anilines is 1. The van der Waals surface area contributed by atoms with Crippen LogP contribution in [0.3, 0.4) is 0 Å². The van der Waals surface area contributed by atoms with E-state index in [4.69, 9.17) is 4.74 Å². The molecule has 0 aromatic heterocycles. The lowest BCUT2D eigenvalue weighted by Crippen LogP contribution is -2.49. The average Bonchev–Trinajstić information content (AvgIpc) is 2.67. The molecule has 0 spiro atoms. The van der Waals surface area contributed by atoms with Crippen molar-refractivity contribution in [3.8, 4) is 5.75 Å². The molecule has 1 amide bonds. The normalized spacial score (nSPS) is 18.6. The van der Waals surface area contributed by atoms with Crippen LogP contribution in [0.4, 0.5) is 5.69 Å². The number of amides is 1. The molecule has 6 heteroatoms.